The number of phosphoric ester groups is 1. The first-order chi connectivity index (χ1) is 26.1. The van der Waals surface area contributed by atoms with Crippen LogP contribution in [-0.2, 0) is 37.5 Å². The number of unbranched alkanes of at least 4 members (excludes halogenated alkanes) is 16. The van der Waals surface area contributed by atoms with Gasteiger partial charge in [-0.05, 0) is 57.8 Å². The summed E-state index contributed by atoms with van der Waals surface area (Å²) in [5.41, 5.74) is 5.32. The molecule has 0 spiro atoms. The second-order valence-corrected chi connectivity index (χ2v) is 15.2. The largest absolute Gasteiger partial charge is 0.480 e. The maximum atomic E-state index is 12.6. The van der Waals surface area contributed by atoms with Gasteiger partial charge in [0.05, 0.1) is 13.2 Å². The van der Waals surface area contributed by atoms with Crippen molar-refractivity contribution in [2.45, 2.75) is 180 Å². The monoisotopic (exact) mass is 784 g/mol. The average molecular weight is 784 g/mol. The topological polar surface area (TPSA) is 172 Å². The van der Waals surface area contributed by atoms with E-state index in [-0.39, 0.29) is 19.4 Å². The van der Waals surface area contributed by atoms with Crippen LogP contribution in [0.5, 0.6) is 0 Å². The van der Waals surface area contributed by atoms with Crippen molar-refractivity contribution in [2.24, 2.45) is 5.73 Å². The van der Waals surface area contributed by atoms with Crippen LogP contribution in [0.15, 0.2) is 48.6 Å². The molecule has 0 aliphatic carbocycles. The highest BCUT2D eigenvalue weighted by Gasteiger charge is 2.28. The first kappa shape index (κ1) is 51.4. The second-order valence-electron chi connectivity index (χ2n) is 13.8. The highest BCUT2D eigenvalue weighted by molar-refractivity contribution is 7.47. The van der Waals surface area contributed by atoms with E-state index >= 15 is 0 Å². The first-order valence-electron chi connectivity index (χ1n) is 20.7. The number of esters is 2. The highest BCUT2D eigenvalue weighted by Crippen LogP contribution is 2.43. The van der Waals surface area contributed by atoms with Gasteiger partial charge >= 0.3 is 25.7 Å². The molecule has 0 fully saturated rings. The normalized spacial score (nSPS) is 14.3. The maximum Gasteiger partial charge on any atom is 0.472 e. The summed E-state index contributed by atoms with van der Waals surface area (Å²) in [6.07, 6.45) is 40.3. The number of carboxylic acids is 1. The number of hydrogen-bond donors (Lipinski definition) is 3. The van der Waals surface area contributed by atoms with E-state index in [1.807, 2.05) is 0 Å². The van der Waals surface area contributed by atoms with E-state index in [0.717, 1.165) is 57.8 Å². The zero-order chi connectivity index (χ0) is 40.0. The van der Waals surface area contributed by atoms with Gasteiger partial charge in [0, 0.05) is 12.8 Å². The van der Waals surface area contributed by atoms with Crippen molar-refractivity contribution in [3.8, 4) is 0 Å². The van der Waals surface area contributed by atoms with Gasteiger partial charge in [-0.1, -0.05) is 146 Å². The molecule has 0 radical (unpaired) electrons. The lowest BCUT2D eigenvalue weighted by Crippen LogP contribution is -2.34. The number of allylic oxidation sites excluding steroid dienone is 8. The van der Waals surface area contributed by atoms with E-state index in [1.165, 1.54) is 70.6 Å². The molecule has 0 bridgehead atoms. The quantitative estimate of drug-likeness (QED) is 0.0235. The fraction of sp³-hybridized carbons (Fsp3) is 0.738. The molecule has 0 aliphatic rings. The van der Waals surface area contributed by atoms with E-state index in [9.17, 15) is 23.8 Å². The molecule has 312 valence electrons. The van der Waals surface area contributed by atoms with Crippen molar-refractivity contribution >= 4 is 25.7 Å². The van der Waals surface area contributed by atoms with Crippen molar-refractivity contribution in [1.82, 2.24) is 0 Å². The van der Waals surface area contributed by atoms with E-state index in [2.05, 4.69) is 67.0 Å². The van der Waals surface area contributed by atoms with Crippen LogP contribution < -0.4 is 5.73 Å². The Morgan fingerprint density at radius 3 is 1.50 bits per heavy atom. The summed E-state index contributed by atoms with van der Waals surface area (Å²) in [7, 11) is -4.72. The van der Waals surface area contributed by atoms with E-state index in [4.69, 9.17) is 24.8 Å². The predicted octanol–water partition coefficient (Wildman–Crippen LogP) is 10.6. The summed E-state index contributed by atoms with van der Waals surface area (Å²) in [5, 5.41) is 8.87. The zero-order valence-corrected chi connectivity index (χ0v) is 34.4. The van der Waals surface area contributed by atoms with Gasteiger partial charge in [0.15, 0.2) is 6.10 Å². The molecular formula is C42H74NO10P. The summed E-state index contributed by atoms with van der Waals surface area (Å²) in [4.78, 5) is 45.8. The summed E-state index contributed by atoms with van der Waals surface area (Å²) in [5.74, 6) is -2.42. The average Bonchev–Trinajstić information content (AvgIpc) is 3.14. The van der Waals surface area contributed by atoms with Crippen molar-refractivity contribution in [3.05, 3.63) is 48.6 Å². The van der Waals surface area contributed by atoms with Gasteiger partial charge in [-0.25, -0.2) is 4.57 Å². The Morgan fingerprint density at radius 1 is 0.574 bits per heavy atom. The van der Waals surface area contributed by atoms with E-state index in [1.54, 1.807) is 0 Å². The molecule has 12 heteroatoms. The summed E-state index contributed by atoms with van der Waals surface area (Å²) in [6, 6.07) is -1.53. The van der Waals surface area contributed by atoms with Gasteiger partial charge < -0.3 is 25.2 Å². The first-order valence-corrected chi connectivity index (χ1v) is 22.2. The predicted molar refractivity (Wildman–Crippen MR) is 217 cm³/mol. The van der Waals surface area contributed by atoms with Crippen LogP contribution in [0.1, 0.15) is 168 Å². The van der Waals surface area contributed by atoms with Crippen LogP contribution in [-0.4, -0.2) is 59.9 Å². The number of ether oxygens (including phenoxy) is 2. The molecule has 0 aliphatic heterocycles. The molecule has 0 saturated heterocycles. The number of carbonyl (C=O) groups excluding carboxylic acids is 2. The van der Waals surface area contributed by atoms with Gasteiger partial charge in [-0.3, -0.25) is 23.4 Å². The molecule has 11 nitrogen and oxygen atoms in total. The number of hydrogen-bond acceptors (Lipinski definition) is 9. The van der Waals surface area contributed by atoms with Crippen LogP contribution in [0.4, 0.5) is 0 Å². The fourth-order valence-electron chi connectivity index (χ4n) is 5.28. The lowest BCUT2D eigenvalue weighted by atomic mass is 10.1. The van der Waals surface area contributed by atoms with E-state index < -0.39 is 51.1 Å². The third-order valence-electron chi connectivity index (χ3n) is 8.58. The Kier molecular flexibility index (Phi) is 35.6. The fourth-order valence-corrected chi connectivity index (χ4v) is 6.06. The van der Waals surface area contributed by atoms with Crippen LogP contribution in [0.2, 0.25) is 0 Å². The molecule has 0 aromatic carbocycles. The zero-order valence-electron chi connectivity index (χ0n) is 33.6. The van der Waals surface area contributed by atoms with Crippen molar-refractivity contribution in [2.75, 3.05) is 19.8 Å². The molecule has 0 saturated carbocycles. The number of nitrogens with two attached hydrogens (primary N) is 1. The molecule has 0 aromatic rings. The Balaban J connectivity index is 4.45. The maximum absolute atomic E-state index is 12.6. The minimum Gasteiger partial charge on any atom is -0.480 e. The van der Waals surface area contributed by atoms with Gasteiger partial charge in [0.1, 0.15) is 12.6 Å². The van der Waals surface area contributed by atoms with Gasteiger partial charge in [0.2, 0.25) is 0 Å². The molecule has 54 heavy (non-hydrogen) atoms. The molecule has 0 amide bonds. The Bertz CT molecular complexity index is 1110. The van der Waals surface area contributed by atoms with Gasteiger partial charge in [-0.2, -0.15) is 0 Å². The van der Waals surface area contributed by atoms with Crippen molar-refractivity contribution in [3.63, 3.8) is 0 Å². The number of carbonyl (C=O) groups is 3. The smallest absolute Gasteiger partial charge is 0.472 e. The number of rotatable bonds is 38. The van der Waals surface area contributed by atoms with Crippen LogP contribution in [0, 0.1) is 0 Å². The SMILES string of the molecule is CCCCC/C=C/C/C=C/C/C=C/C/C=C/CCCCCC(=O)O[C@@H](COC(=O)CCCCCCCCCCCCC)COP(=O)(O)OC[C@H](N)C(=O)O. The Hall–Kier alpha value is -2.56. The summed E-state index contributed by atoms with van der Waals surface area (Å²) < 4.78 is 32.6. The van der Waals surface area contributed by atoms with Crippen LogP contribution >= 0.6 is 7.82 Å². The number of phosphoric acid groups is 1. The highest BCUT2D eigenvalue weighted by atomic mass is 31.2. The number of carboxylic acid groups (broad SMARTS) is 1. The second kappa shape index (κ2) is 37.4. The molecule has 4 N–H and O–H groups in total. The molecule has 3 atom stereocenters. The van der Waals surface area contributed by atoms with Crippen molar-refractivity contribution in [1.29, 1.82) is 0 Å². The minimum absolute atomic E-state index is 0.124. The lowest BCUT2D eigenvalue weighted by molar-refractivity contribution is -0.161. The Morgan fingerprint density at radius 2 is 0.981 bits per heavy atom. The van der Waals surface area contributed by atoms with Crippen LogP contribution in [0.25, 0.3) is 0 Å². The molecule has 0 aromatic heterocycles. The van der Waals surface area contributed by atoms with Crippen molar-refractivity contribution < 1.29 is 47.5 Å². The van der Waals surface area contributed by atoms with E-state index in [0.29, 0.717) is 12.8 Å². The molecule has 0 heterocycles. The van der Waals surface area contributed by atoms with Crippen LogP contribution in [0.3, 0.4) is 0 Å². The summed E-state index contributed by atoms with van der Waals surface area (Å²) >= 11 is 0. The standard InChI is InChI=1S/C42H74NO10P/c1-3-5-7-9-11-13-15-16-17-18-19-20-21-22-24-26-28-30-32-34-41(45)53-38(36-51-54(48,49)52-37-39(43)42(46)47)35-50-40(44)33-31-29-27-25-23-14-12-10-8-6-4-2/h11,13,16-17,19-20,22,24,38-39H,3-10,12,14-15,18,21,23,25-37,43H2,1-2H3,(H,46,47)(H,48,49)/b13-11+,17-16+,20-19+,24-22+/t38-,39-/m0/s1. The Labute approximate surface area is 326 Å². The molecule has 0 rings (SSSR count). The number of aliphatic carboxylic acids is 1. The van der Waals surface area contributed by atoms with Gasteiger partial charge in [0.25, 0.3) is 0 Å². The van der Waals surface area contributed by atoms with Gasteiger partial charge in [-0.15, -0.1) is 0 Å². The molecular weight excluding hydrogens is 709 g/mol. The molecule has 1 unspecified atom stereocenters. The lowest BCUT2D eigenvalue weighted by Gasteiger charge is -2.20. The third-order valence-corrected chi connectivity index (χ3v) is 9.53. The minimum atomic E-state index is -4.72. The summed E-state index contributed by atoms with van der Waals surface area (Å²) in [6.45, 7) is 2.72. The third kappa shape index (κ3) is 36.4.